The predicted molar refractivity (Wildman–Crippen MR) is 100 cm³/mol. The van der Waals surface area contributed by atoms with E-state index in [2.05, 4.69) is 5.10 Å². The lowest BCUT2D eigenvalue weighted by Crippen LogP contribution is -2.35. The molecule has 1 aliphatic rings. The van der Waals surface area contributed by atoms with E-state index in [0.29, 0.717) is 24.3 Å². The lowest BCUT2D eigenvalue weighted by atomic mass is 9.99. The molecule has 3 aromatic rings. The van der Waals surface area contributed by atoms with Crippen LogP contribution in [0.4, 0.5) is 13.2 Å². The fraction of sp³-hybridized carbons (Fsp3) is 0.238. The maximum atomic E-state index is 12.9. The number of amides is 1. The molecule has 0 N–H and O–H groups in total. The van der Waals surface area contributed by atoms with Crippen LogP contribution in [0.1, 0.15) is 27.2 Å². The van der Waals surface area contributed by atoms with Gasteiger partial charge in [0.15, 0.2) is 5.69 Å². The van der Waals surface area contributed by atoms with Crippen LogP contribution < -0.4 is 4.74 Å². The summed E-state index contributed by atoms with van der Waals surface area (Å²) in [6.07, 6.45) is -2.49. The van der Waals surface area contributed by atoms with Gasteiger partial charge in [-0.2, -0.15) is 18.3 Å². The molecule has 0 saturated heterocycles. The quantitative estimate of drug-likeness (QED) is 0.664. The Balaban J connectivity index is 1.50. The Morgan fingerprint density at radius 2 is 1.83 bits per heavy atom. The van der Waals surface area contributed by atoms with Crippen LogP contribution in [0.2, 0.25) is 0 Å². The van der Waals surface area contributed by atoms with E-state index in [1.165, 1.54) is 11.8 Å². The average Bonchev–Trinajstić information content (AvgIpc) is 3.23. The lowest BCUT2D eigenvalue weighted by molar-refractivity contribution is -0.141. The fourth-order valence-electron chi connectivity index (χ4n) is 3.39. The molecule has 0 fully saturated rings. The van der Waals surface area contributed by atoms with Crippen molar-refractivity contribution in [2.45, 2.75) is 19.1 Å². The third-order valence-corrected chi connectivity index (χ3v) is 4.97. The SMILES string of the molecule is COc1ccc2c(c1)CN(C(=O)c1ccc(-n3ccc(C(F)(F)F)n3)cc1)CC2. The van der Waals surface area contributed by atoms with Crippen molar-refractivity contribution in [1.29, 1.82) is 0 Å². The summed E-state index contributed by atoms with van der Waals surface area (Å²) >= 11 is 0. The number of ether oxygens (including phenoxy) is 1. The number of carbonyl (C=O) groups excluding carboxylic acids is 1. The number of nitrogens with zero attached hydrogens (tertiary/aromatic N) is 3. The molecule has 0 saturated carbocycles. The molecule has 0 unspecified atom stereocenters. The van der Waals surface area contributed by atoms with E-state index in [1.807, 2.05) is 18.2 Å². The van der Waals surface area contributed by atoms with E-state index >= 15 is 0 Å². The molecular weight excluding hydrogens is 383 g/mol. The van der Waals surface area contributed by atoms with Gasteiger partial charge in [-0.3, -0.25) is 4.79 Å². The van der Waals surface area contributed by atoms with Crippen molar-refractivity contribution in [3.05, 3.63) is 77.1 Å². The molecule has 2 aromatic carbocycles. The number of rotatable bonds is 3. The van der Waals surface area contributed by atoms with Gasteiger partial charge in [0, 0.05) is 24.8 Å². The van der Waals surface area contributed by atoms with E-state index < -0.39 is 11.9 Å². The minimum atomic E-state index is -4.49. The van der Waals surface area contributed by atoms with Gasteiger partial charge in [-0.05, 0) is 60.0 Å². The molecule has 1 aromatic heterocycles. The van der Waals surface area contributed by atoms with Crippen LogP contribution >= 0.6 is 0 Å². The molecule has 1 amide bonds. The third kappa shape index (κ3) is 3.83. The van der Waals surface area contributed by atoms with Gasteiger partial charge in [0.05, 0.1) is 12.8 Å². The molecule has 0 radical (unpaired) electrons. The summed E-state index contributed by atoms with van der Waals surface area (Å²) in [5, 5.41) is 3.54. The van der Waals surface area contributed by atoms with Crippen molar-refractivity contribution < 1.29 is 22.7 Å². The van der Waals surface area contributed by atoms with E-state index in [-0.39, 0.29) is 5.91 Å². The first-order valence-corrected chi connectivity index (χ1v) is 9.03. The number of aromatic nitrogens is 2. The summed E-state index contributed by atoms with van der Waals surface area (Å²) in [6.45, 7) is 1.09. The van der Waals surface area contributed by atoms with Crippen molar-refractivity contribution in [3.63, 3.8) is 0 Å². The minimum absolute atomic E-state index is 0.124. The zero-order valence-electron chi connectivity index (χ0n) is 15.6. The number of fused-ring (bicyclic) bond motifs is 1. The number of halogens is 3. The summed E-state index contributed by atoms with van der Waals surface area (Å²) in [7, 11) is 1.60. The van der Waals surface area contributed by atoms with Gasteiger partial charge in [0.25, 0.3) is 5.91 Å². The van der Waals surface area contributed by atoms with Gasteiger partial charge in [-0.15, -0.1) is 0 Å². The van der Waals surface area contributed by atoms with Crippen molar-refractivity contribution in [2.75, 3.05) is 13.7 Å². The standard InChI is InChI=1S/C21H18F3N3O2/c1-29-18-7-4-14-8-10-26(13-16(14)12-18)20(28)15-2-5-17(6-3-15)27-11-9-19(25-27)21(22,23)24/h2-7,9,11-12H,8,10,13H2,1H3. The molecule has 150 valence electrons. The lowest BCUT2D eigenvalue weighted by Gasteiger charge is -2.29. The highest BCUT2D eigenvalue weighted by molar-refractivity contribution is 5.94. The average molecular weight is 401 g/mol. The van der Waals surface area contributed by atoms with Gasteiger partial charge in [-0.25, -0.2) is 4.68 Å². The summed E-state index contributed by atoms with van der Waals surface area (Å²) in [6, 6.07) is 13.2. The highest BCUT2D eigenvalue weighted by Crippen LogP contribution is 2.28. The van der Waals surface area contributed by atoms with E-state index in [9.17, 15) is 18.0 Å². The summed E-state index contributed by atoms with van der Waals surface area (Å²) in [4.78, 5) is 14.6. The molecule has 0 aliphatic carbocycles. The molecule has 0 spiro atoms. The monoisotopic (exact) mass is 401 g/mol. The Hall–Kier alpha value is -3.29. The number of hydrogen-bond acceptors (Lipinski definition) is 3. The van der Waals surface area contributed by atoms with Crippen LogP contribution in [0.3, 0.4) is 0 Å². The molecule has 4 rings (SSSR count). The second-order valence-electron chi connectivity index (χ2n) is 6.80. The molecule has 1 aliphatic heterocycles. The summed E-state index contributed by atoms with van der Waals surface area (Å²) in [5.74, 6) is 0.626. The number of methoxy groups -OCH3 is 1. The number of benzene rings is 2. The maximum absolute atomic E-state index is 12.9. The van der Waals surface area contributed by atoms with Crippen molar-refractivity contribution in [2.24, 2.45) is 0 Å². The van der Waals surface area contributed by atoms with Crippen LogP contribution in [0.5, 0.6) is 5.75 Å². The highest BCUT2D eigenvalue weighted by atomic mass is 19.4. The predicted octanol–water partition coefficient (Wildman–Crippen LogP) is 4.10. The Labute approximate surface area is 165 Å². The summed E-state index contributed by atoms with van der Waals surface area (Å²) in [5.41, 5.74) is 2.22. The molecule has 5 nitrogen and oxygen atoms in total. The van der Waals surface area contributed by atoms with E-state index in [0.717, 1.165) is 28.5 Å². The van der Waals surface area contributed by atoms with E-state index in [1.54, 1.807) is 36.3 Å². The van der Waals surface area contributed by atoms with Crippen LogP contribution in [0.15, 0.2) is 54.7 Å². The molecule has 2 heterocycles. The van der Waals surface area contributed by atoms with E-state index in [4.69, 9.17) is 4.74 Å². The van der Waals surface area contributed by atoms with Crippen molar-refractivity contribution in [1.82, 2.24) is 14.7 Å². The van der Waals surface area contributed by atoms with Gasteiger partial charge in [0.1, 0.15) is 5.75 Å². The van der Waals surface area contributed by atoms with Crippen LogP contribution in [-0.4, -0.2) is 34.2 Å². The van der Waals surface area contributed by atoms with Gasteiger partial charge < -0.3 is 9.64 Å². The Morgan fingerprint density at radius 3 is 2.48 bits per heavy atom. The third-order valence-electron chi connectivity index (χ3n) is 4.97. The number of alkyl halides is 3. The van der Waals surface area contributed by atoms with Gasteiger partial charge in [0.2, 0.25) is 0 Å². The Bertz CT molecular complexity index is 1040. The molecule has 8 heteroatoms. The molecule has 29 heavy (non-hydrogen) atoms. The van der Waals surface area contributed by atoms with Crippen LogP contribution in [0.25, 0.3) is 5.69 Å². The van der Waals surface area contributed by atoms with Gasteiger partial charge >= 0.3 is 6.18 Å². The fourth-order valence-corrected chi connectivity index (χ4v) is 3.39. The molecular formula is C21H18F3N3O2. The highest BCUT2D eigenvalue weighted by Gasteiger charge is 2.33. The van der Waals surface area contributed by atoms with Crippen molar-refractivity contribution >= 4 is 5.91 Å². The normalized spacial score (nSPS) is 13.9. The largest absolute Gasteiger partial charge is 0.497 e. The first kappa shape index (κ1) is 19.0. The second kappa shape index (κ2) is 7.27. The number of carbonyl (C=O) groups is 1. The van der Waals surface area contributed by atoms with Crippen LogP contribution in [-0.2, 0) is 19.1 Å². The zero-order valence-corrected chi connectivity index (χ0v) is 15.6. The summed E-state index contributed by atoms with van der Waals surface area (Å²) < 4.78 is 44.5. The van der Waals surface area contributed by atoms with Gasteiger partial charge in [-0.1, -0.05) is 6.07 Å². The molecule has 0 atom stereocenters. The first-order valence-electron chi connectivity index (χ1n) is 9.03. The first-order chi connectivity index (χ1) is 13.8. The minimum Gasteiger partial charge on any atom is -0.497 e. The van der Waals surface area contributed by atoms with Crippen molar-refractivity contribution in [3.8, 4) is 11.4 Å². The Morgan fingerprint density at radius 1 is 1.07 bits per heavy atom. The second-order valence-corrected chi connectivity index (χ2v) is 6.80. The Kier molecular flexibility index (Phi) is 4.77. The zero-order chi connectivity index (χ0) is 20.6. The number of hydrogen-bond donors (Lipinski definition) is 0. The smallest absolute Gasteiger partial charge is 0.435 e. The molecule has 0 bridgehead atoms. The topological polar surface area (TPSA) is 47.4 Å². The van der Waals surface area contributed by atoms with Crippen LogP contribution in [0, 0.1) is 0 Å². The maximum Gasteiger partial charge on any atom is 0.435 e.